The van der Waals surface area contributed by atoms with Crippen molar-refractivity contribution < 1.29 is 4.79 Å². The van der Waals surface area contributed by atoms with Gasteiger partial charge in [0.05, 0.1) is 0 Å². The number of carbonyl (C=O) groups is 1. The van der Waals surface area contributed by atoms with Crippen LogP contribution < -0.4 is 5.32 Å². The van der Waals surface area contributed by atoms with E-state index in [4.69, 9.17) is 0 Å². The minimum absolute atomic E-state index is 0.0522. The van der Waals surface area contributed by atoms with Crippen molar-refractivity contribution in [1.82, 2.24) is 0 Å². The second-order valence-corrected chi connectivity index (χ2v) is 5.79. The van der Waals surface area contributed by atoms with Crippen molar-refractivity contribution >= 4 is 27.5 Å². The maximum Gasteiger partial charge on any atom is 0.228 e. The monoisotopic (exact) mass is 315 g/mol. The van der Waals surface area contributed by atoms with Gasteiger partial charge in [-0.2, -0.15) is 0 Å². The van der Waals surface area contributed by atoms with Crippen LogP contribution >= 0.6 is 15.9 Å². The van der Waals surface area contributed by atoms with Crippen LogP contribution in [0.5, 0.6) is 0 Å². The van der Waals surface area contributed by atoms with Crippen LogP contribution in [0.25, 0.3) is 0 Å². The summed E-state index contributed by atoms with van der Waals surface area (Å²) >= 11 is 3.41. The second kappa shape index (κ2) is 5.17. The number of anilines is 1. The van der Waals surface area contributed by atoms with Crippen LogP contribution in [0.3, 0.4) is 0 Å². The molecule has 0 heterocycles. The first-order chi connectivity index (χ1) is 9.22. The Morgan fingerprint density at radius 1 is 1.05 bits per heavy atom. The van der Waals surface area contributed by atoms with Crippen molar-refractivity contribution in [3.63, 3.8) is 0 Å². The van der Waals surface area contributed by atoms with E-state index < -0.39 is 0 Å². The summed E-state index contributed by atoms with van der Waals surface area (Å²) in [5, 5.41) is 2.99. The molecule has 1 aliphatic carbocycles. The maximum absolute atomic E-state index is 12.3. The Labute approximate surface area is 121 Å². The van der Waals surface area contributed by atoms with Crippen LogP contribution in [0.1, 0.15) is 11.1 Å². The third kappa shape index (κ3) is 2.71. The molecule has 0 aromatic heterocycles. The lowest BCUT2D eigenvalue weighted by Gasteiger charge is -2.10. The number of fused-ring (bicyclic) bond motifs is 1. The number of hydrogen-bond acceptors (Lipinski definition) is 1. The molecular formula is C16H14BrNO. The average Bonchev–Trinajstić information content (AvgIpc) is 2.82. The molecule has 3 heteroatoms. The number of nitrogens with one attached hydrogen (secondary N) is 1. The van der Waals surface area contributed by atoms with E-state index in [1.807, 2.05) is 36.4 Å². The summed E-state index contributed by atoms with van der Waals surface area (Å²) in [6, 6.07) is 16.0. The normalized spacial score (nSPS) is 14.2. The molecule has 0 atom stereocenters. The number of benzene rings is 2. The molecule has 2 aromatic rings. The Kier molecular flexibility index (Phi) is 3.38. The number of rotatable bonds is 2. The number of carbonyl (C=O) groups excluding carboxylic acids is 1. The molecule has 2 aromatic carbocycles. The van der Waals surface area contributed by atoms with Gasteiger partial charge in [0.25, 0.3) is 0 Å². The van der Waals surface area contributed by atoms with E-state index in [2.05, 4.69) is 33.4 Å². The molecular weight excluding hydrogens is 302 g/mol. The minimum atomic E-state index is 0.0522. The van der Waals surface area contributed by atoms with Crippen molar-refractivity contribution in [1.29, 1.82) is 0 Å². The van der Waals surface area contributed by atoms with Crippen molar-refractivity contribution in [2.75, 3.05) is 5.32 Å². The van der Waals surface area contributed by atoms with Gasteiger partial charge < -0.3 is 5.32 Å². The van der Waals surface area contributed by atoms with Crippen LogP contribution in [0.2, 0.25) is 0 Å². The Morgan fingerprint density at radius 3 is 2.37 bits per heavy atom. The third-order valence-corrected chi connectivity index (χ3v) is 4.01. The van der Waals surface area contributed by atoms with E-state index in [1.165, 1.54) is 11.1 Å². The fourth-order valence-corrected chi connectivity index (χ4v) is 2.95. The third-order valence-electron chi connectivity index (χ3n) is 3.51. The molecule has 2 nitrogen and oxygen atoms in total. The molecule has 1 amide bonds. The van der Waals surface area contributed by atoms with Gasteiger partial charge in [0.2, 0.25) is 5.91 Å². The lowest BCUT2D eigenvalue weighted by atomic mass is 10.1. The predicted molar refractivity (Wildman–Crippen MR) is 80.1 cm³/mol. The molecule has 1 aliphatic rings. The summed E-state index contributed by atoms with van der Waals surface area (Å²) in [6.45, 7) is 0. The lowest BCUT2D eigenvalue weighted by molar-refractivity contribution is -0.119. The maximum atomic E-state index is 12.3. The molecule has 0 bridgehead atoms. The van der Waals surface area contributed by atoms with Gasteiger partial charge in [-0.25, -0.2) is 0 Å². The van der Waals surface area contributed by atoms with Gasteiger partial charge in [-0.3, -0.25) is 4.79 Å². The Bertz CT molecular complexity index is 599. The molecule has 1 N–H and O–H groups in total. The number of hydrogen-bond donors (Lipinski definition) is 1. The zero-order valence-electron chi connectivity index (χ0n) is 10.4. The molecule has 0 radical (unpaired) electrons. The number of halogens is 1. The largest absolute Gasteiger partial charge is 0.326 e. The second-order valence-electron chi connectivity index (χ2n) is 4.87. The molecule has 0 spiro atoms. The van der Waals surface area contributed by atoms with Gasteiger partial charge in [0.15, 0.2) is 0 Å². The topological polar surface area (TPSA) is 29.1 Å². The van der Waals surface area contributed by atoms with E-state index in [-0.39, 0.29) is 11.8 Å². The van der Waals surface area contributed by atoms with E-state index in [0.29, 0.717) is 0 Å². The van der Waals surface area contributed by atoms with E-state index in [9.17, 15) is 4.79 Å². The van der Waals surface area contributed by atoms with Gasteiger partial charge >= 0.3 is 0 Å². The highest BCUT2D eigenvalue weighted by atomic mass is 79.9. The van der Waals surface area contributed by atoms with Crippen molar-refractivity contribution in [2.24, 2.45) is 5.92 Å². The summed E-state index contributed by atoms with van der Waals surface area (Å²) in [6.07, 6.45) is 1.69. The van der Waals surface area contributed by atoms with Crippen molar-refractivity contribution in [3.05, 3.63) is 64.1 Å². The Balaban J connectivity index is 1.70. The van der Waals surface area contributed by atoms with Gasteiger partial charge in [0, 0.05) is 16.1 Å². The summed E-state index contributed by atoms with van der Waals surface area (Å²) in [7, 11) is 0. The van der Waals surface area contributed by atoms with E-state index in [1.54, 1.807) is 0 Å². The molecule has 96 valence electrons. The zero-order chi connectivity index (χ0) is 13.2. The standard InChI is InChI=1S/C16H14BrNO/c17-14-6-3-7-15(10-14)18-16(19)13-8-11-4-1-2-5-12(11)9-13/h1-7,10,13H,8-9H2,(H,18,19). The van der Waals surface area contributed by atoms with Crippen LogP contribution in [0.4, 0.5) is 5.69 Å². The Morgan fingerprint density at radius 2 is 1.74 bits per heavy atom. The SMILES string of the molecule is O=C(Nc1cccc(Br)c1)C1Cc2ccccc2C1. The van der Waals surface area contributed by atoms with Crippen molar-refractivity contribution in [2.45, 2.75) is 12.8 Å². The average molecular weight is 316 g/mol. The molecule has 3 rings (SSSR count). The van der Waals surface area contributed by atoms with Crippen LogP contribution in [0.15, 0.2) is 53.0 Å². The molecule has 0 unspecified atom stereocenters. The number of amides is 1. The van der Waals surface area contributed by atoms with Gasteiger partial charge in [-0.1, -0.05) is 46.3 Å². The highest BCUT2D eigenvalue weighted by molar-refractivity contribution is 9.10. The quantitative estimate of drug-likeness (QED) is 0.897. The van der Waals surface area contributed by atoms with Crippen LogP contribution in [-0.2, 0) is 17.6 Å². The van der Waals surface area contributed by atoms with E-state index >= 15 is 0 Å². The predicted octanol–water partition coefficient (Wildman–Crippen LogP) is 3.80. The fourth-order valence-electron chi connectivity index (χ4n) is 2.55. The summed E-state index contributed by atoms with van der Waals surface area (Å²) in [5.41, 5.74) is 3.45. The molecule has 0 fully saturated rings. The van der Waals surface area contributed by atoms with Crippen LogP contribution in [0, 0.1) is 5.92 Å². The highest BCUT2D eigenvalue weighted by Crippen LogP contribution is 2.27. The smallest absolute Gasteiger partial charge is 0.228 e. The van der Waals surface area contributed by atoms with E-state index in [0.717, 1.165) is 23.0 Å². The molecule has 19 heavy (non-hydrogen) atoms. The van der Waals surface area contributed by atoms with Gasteiger partial charge in [-0.05, 0) is 42.2 Å². The molecule has 0 saturated heterocycles. The first-order valence-corrected chi connectivity index (χ1v) is 7.15. The van der Waals surface area contributed by atoms with Crippen LogP contribution in [-0.4, -0.2) is 5.91 Å². The molecule has 0 aliphatic heterocycles. The molecule has 0 saturated carbocycles. The van der Waals surface area contributed by atoms with Crippen molar-refractivity contribution in [3.8, 4) is 0 Å². The zero-order valence-corrected chi connectivity index (χ0v) is 12.0. The summed E-state index contributed by atoms with van der Waals surface area (Å²) < 4.78 is 0.972. The first kappa shape index (κ1) is 12.4. The summed E-state index contributed by atoms with van der Waals surface area (Å²) in [4.78, 5) is 12.3. The fraction of sp³-hybridized carbons (Fsp3) is 0.188. The van der Waals surface area contributed by atoms with Gasteiger partial charge in [-0.15, -0.1) is 0 Å². The lowest BCUT2D eigenvalue weighted by Crippen LogP contribution is -2.23. The minimum Gasteiger partial charge on any atom is -0.326 e. The first-order valence-electron chi connectivity index (χ1n) is 6.35. The summed E-state index contributed by atoms with van der Waals surface area (Å²) in [5.74, 6) is 0.158. The highest BCUT2D eigenvalue weighted by Gasteiger charge is 2.26. The Hall–Kier alpha value is -1.61. The van der Waals surface area contributed by atoms with Gasteiger partial charge in [0.1, 0.15) is 0 Å².